The summed E-state index contributed by atoms with van der Waals surface area (Å²) in [6.07, 6.45) is 4.29. The number of methoxy groups -OCH3 is 2. The van der Waals surface area contributed by atoms with E-state index in [0.717, 1.165) is 12.1 Å². The lowest BCUT2D eigenvalue weighted by Gasteiger charge is -2.15. The fraction of sp³-hybridized carbons (Fsp3) is 0.615. The van der Waals surface area contributed by atoms with Crippen LogP contribution in [0.5, 0.6) is 11.5 Å². The number of ether oxygens (including phenoxy) is 2. The number of rotatable bonds is 8. The second-order valence-electron chi connectivity index (χ2n) is 4.34. The van der Waals surface area contributed by atoms with Crippen molar-refractivity contribution >= 4 is 10.8 Å². The van der Waals surface area contributed by atoms with Gasteiger partial charge < -0.3 is 14.8 Å². The number of nitrogens with zero attached hydrogens (tertiary/aromatic N) is 1. The van der Waals surface area contributed by atoms with E-state index in [1.165, 1.54) is 0 Å². The summed E-state index contributed by atoms with van der Waals surface area (Å²) < 4.78 is 21.6. The van der Waals surface area contributed by atoms with Crippen molar-refractivity contribution < 1.29 is 13.7 Å². The molecule has 1 N–H and O–H groups in total. The molecule has 0 aromatic carbocycles. The first-order chi connectivity index (χ1) is 9.08. The average molecular weight is 286 g/mol. The van der Waals surface area contributed by atoms with Gasteiger partial charge >= 0.3 is 0 Å². The van der Waals surface area contributed by atoms with Crippen molar-refractivity contribution in [1.29, 1.82) is 0 Å². The highest BCUT2D eigenvalue weighted by atomic mass is 32.2. The van der Waals surface area contributed by atoms with Gasteiger partial charge in [-0.15, -0.1) is 0 Å². The van der Waals surface area contributed by atoms with Crippen molar-refractivity contribution in [3.05, 3.63) is 18.0 Å². The molecule has 5 nitrogen and oxygen atoms in total. The van der Waals surface area contributed by atoms with E-state index in [2.05, 4.69) is 17.2 Å². The normalized spacial score (nSPS) is 13.9. The molecule has 0 aliphatic heterocycles. The molecule has 19 heavy (non-hydrogen) atoms. The van der Waals surface area contributed by atoms with Crippen molar-refractivity contribution in [2.24, 2.45) is 0 Å². The van der Waals surface area contributed by atoms with Crippen molar-refractivity contribution in [3.8, 4) is 11.5 Å². The molecule has 2 atom stereocenters. The zero-order valence-electron chi connectivity index (χ0n) is 11.9. The minimum Gasteiger partial charge on any atom is -0.493 e. The first kappa shape index (κ1) is 15.9. The third kappa shape index (κ3) is 5.16. The first-order valence-corrected chi connectivity index (χ1v) is 7.90. The summed E-state index contributed by atoms with van der Waals surface area (Å²) in [5, 5.41) is 3.35. The van der Waals surface area contributed by atoms with Gasteiger partial charge in [-0.25, -0.2) is 0 Å². The molecule has 1 aromatic rings. The Balaban J connectivity index is 2.59. The molecule has 0 spiro atoms. The van der Waals surface area contributed by atoms with Crippen LogP contribution in [0.3, 0.4) is 0 Å². The second kappa shape index (κ2) is 8.12. The number of pyridine rings is 1. The van der Waals surface area contributed by atoms with E-state index >= 15 is 0 Å². The molecular weight excluding hydrogens is 264 g/mol. The number of aromatic nitrogens is 1. The van der Waals surface area contributed by atoms with Crippen LogP contribution in [0.25, 0.3) is 0 Å². The van der Waals surface area contributed by atoms with Crippen LogP contribution in [0.15, 0.2) is 12.3 Å². The molecule has 6 heteroatoms. The topological polar surface area (TPSA) is 60.5 Å². The Kier molecular flexibility index (Phi) is 6.80. The zero-order chi connectivity index (χ0) is 14.3. The average Bonchev–Trinajstić information content (AvgIpc) is 2.42. The maximum atomic E-state index is 11.0. The molecule has 1 heterocycles. The van der Waals surface area contributed by atoms with Crippen molar-refractivity contribution in [3.63, 3.8) is 0 Å². The standard InChI is InChI=1S/C13H22N2O3S/c1-10(6-8-19(4)16)15-9-11-13(18-3)12(17-2)5-7-14-11/h5,7,10,15H,6,8-9H2,1-4H3. The maximum Gasteiger partial charge on any atom is 0.183 e. The molecule has 0 aliphatic carbocycles. The van der Waals surface area contributed by atoms with Gasteiger partial charge in [-0.1, -0.05) is 0 Å². The fourth-order valence-corrected chi connectivity index (χ4v) is 2.38. The summed E-state index contributed by atoms with van der Waals surface area (Å²) in [4.78, 5) is 4.30. The van der Waals surface area contributed by atoms with Gasteiger partial charge in [0.1, 0.15) is 0 Å². The van der Waals surface area contributed by atoms with Crippen LogP contribution in [-0.2, 0) is 17.3 Å². The molecule has 0 saturated heterocycles. The quantitative estimate of drug-likeness (QED) is 0.781. The highest BCUT2D eigenvalue weighted by molar-refractivity contribution is 7.84. The third-order valence-corrected chi connectivity index (χ3v) is 3.63. The molecule has 0 saturated carbocycles. The van der Waals surface area contributed by atoms with Crippen LogP contribution >= 0.6 is 0 Å². The number of hydrogen-bond acceptors (Lipinski definition) is 5. The Morgan fingerprint density at radius 1 is 1.42 bits per heavy atom. The fourth-order valence-electron chi connectivity index (χ4n) is 1.69. The summed E-state index contributed by atoms with van der Waals surface area (Å²) >= 11 is 0. The Bertz CT molecular complexity index is 426. The molecular formula is C13H22N2O3S. The van der Waals surface area contributed by atoms with E-state index in [0.29, 0.717) is 23.8 Å². The molecule has 0 amide bonds. The van der Waals surface area contributed by atoms with Gasteiger partial charge in [0.25, 0.3) is 0 Å². The summed E-state index contributed by atoms with van der Waals surface area (Å²) in [7, 11) is 2.46. The molecule has 0 fully saturated rings. The van der Waals surface area contributed by atoms with E-state index in [9.17, 15) is 4.21 Å². The number of nitrogens with one attached hydrogen (secondary N) is 1. The Labute approximate surface area is 117 Å². The predicted molar refractivity (Wildman–Crippen MR) is 77.2 cm³/mol. The SMILES string of the molecule is COc1ccnc(CNC(C)CCS(C)=O)c1OC. The van der Waals surface area contributed by atoms with Gasteiger partial charge in [0.15, 0.2) is 11.5 Å². The highest BCUT2D eigenvalue weighted by Gasteiger charge is 2.12. The van der Waals surface area contributed by atoms with Gasteiger partial charge in [-0.3, -0.25) is 9.19 Å². The van der Waals surface area contributed by atoms with E-state index < -0.39 is 10.8 Å². The van der Waals surface area contributed by atoms with E-state index in [-0.39, 0.29) is 6.04 Å². The van der Waals surface area contributed by atoms with E-state index in [1.54, 1.807) is 32.7 Å². The lowest BCUT2D eigenvalue weighted by molar-refractivity contribution is 0.347. The van der Waals surface area contributed by atoms with Crippen LogP contribution in [0.4, 0.5) is 0 Å². The first-order valence-electron chi connectivity index (χ1n) is 6.17. The van der Waals surface area contributed by atoms with Gasteiger partial charge in [0, 0.05) is 47.7 Å². The van der Waals surface area contributed by atoms with Crippen molar-refractivity contribution in [2.45, 2.75) is 25.9 Å². The molecule has 108 valence electrons. The Morgan fingerprint density at radius 2 is 2.16 bits per heavy atom. The van der Waals surface area contributed by atoms with Crippen LogP contribution in [-0.4, -0.2) is 41.5 Å². The van der Waals surface area contributed by atoms with Gasteiger partial charge in [-0.2, -0.15) is 0 Å². The van der Waals surface area contributed by atoms with Gasteiger partial charge in [0.05, 0.1) is 19.9 Å². The van der Waals surface area contributed by atoms with Crippen LogP contribution in [0.2, 0.25) is 0 Å². The smallest absolute Gasteiger partial charge is 0.183 e. The lowest BCUT2D eigenvalue weighted by Crippen LogP contribution is -2.27. The molecule has 0 radical (unpaired) electrons. The largest absolute Gasteiger partial charge is 0.493 e. The van der Waals surface area contributed by atoms with Crippen molar-refractivity contribution in [1.82, 2.24) is 10.3 Å². The lowest BCUT2D eigenvalue weighted by atomic mass is 10.2. The van der Waals surface area contributed by atoms with Gasteiger partial charge in [-0.05, 0) is 13.3 Å². The second-order valence-corrected chi connectivity index (χ2v) is 5.90. The minimum atomic E-state index is -0.746. The van der Waals surface area contributed by atoms with E-state index in [1.807, 2.05) is 0 Å². The molecule has 0 bridgehead atoms. The molecule has 1 rings (SSSR count). The van der Waals surface area contributed by atoms with Gasteiger partial charge in [0.2, 0.25) is 0 Å². The summed E-state index contributed by atoms with van der Waals surface area (Å²) in [6, 6.07) is 2.05. The molecule has 1 aromatic heterocycles. The summed E-state index contributed by atoms with van der Waals surface area (Å²) in [5.74, 6) is 2.04. The Morgan fingerprint density at radius 3 is 2.74 bits per heavy atom. The van der Waals surface area contributed by atoms with Crippen LogP contribution in [0.1, 0.15) is 19.0 Å². The summed E-state index contributed by atoms with van der Waals surface area (Å²) in [5.41, 5.74) is 0.811. The minimum absolute atomic E-state index is 0.279. The summed E-state index contributed by atoms with van der Waals surface area (Å²) in [6.45, 7) is 2.66. The van der Waals surface area contributed by atoms with E-state index in [4.69, 9.17) is 9.47 Å². The van der Waals surface area contributed by atoms with Crippen LogP contribution in [0, 0.1) is 0 Å². The highest BCUT2D eigenvalue weighted by Crippen LogP contribution is 2.28. The monoisotopic (exact) mass is 286 g/mol. The predicted octanol–water partition coefficient (Wildman–Crippen LogP) is 1.35. The Hall–Kier alpha value is -1.14. The van der Waals surface area contributed by atoms with Crippen molar-refractivity contribution in [2.75, 3.05) is 26.2 Å². The molecule has 2 unspecified atom stereocenters. The maximum absolute atomic E-state index is 11.0. The number of hydrogen-bond donors (Lipinski definition) is 1. The molecule has 0 aliphatic rings. The third-order valence-electron chi connectivity index (χ3n) is 2.82. The van der Waals surface area contributed by atoms with Crippen LogP contribution < -0.4 is 14.8 Å². The zero-order valence-corrected chi connectivity index (χ0v) is 12.8.